The fourth-order valence-electron chi connectivity index (χ4n) is 4.24. The molecule has 10 heteroatoms. The number of nitrogen functional groups attached to an aromatic ring is 1. The maximum atomic E-state index is 13.4. The summed E-state index contributed by atoms with van der Waals surface area (Å²) in [6.07, 6.45) is 12.3. The summed E-state index contributed by atoms with van der Waals surface area (Å²) in [4.78, 5) is 34.3. The van der Waals surface area contributed by atoms with E-state index < -0.39 is 0 Å². The zero-order valence-electron chi connectivity index (χ0n) is 22.9. The van der Waals surface area contributed by atoms with Crippen molar-refractivity contribution in [2.75, 3.05) is 37.2 Å². The minimum Gasteiger partial charge on any atom is -0.463 e. The number of rotatable bonds is 11. The second-order valence-electron chi connectivity index (χ2n) is 9.33. The van der Waals surface area contributed by atoms with Crippen molar-refractivity contribution in [2.24, 2.45) is 0 Å². The number of hydrogen-bond donors (Lipinski definition) is 3. The van der Waals surface area contributed by atoms with E-state index in [4.69, 9.17) is 15.2 Å². The largest absolute Gasteiger partial charge is 0.463 e. The van der Waals surface area contributed by atoms with Crippen molar-refractivity contribution in [1.29, 1.82) is 0 Å². The molecule has 210 valence electrons. The Kier molecular flexibility index (Phi) is 9.95. The van der Waals surface area contributed by atoms with Crippen molar-refractivity contribution < 1.29 is 19.1 Å². The van der Waals surface area contributed by atoms with E-state index >= 15 is 0 Å². The molecule has 3 amide bonds. The number of aromatic nitrogens is 1. The van der Waals surface area contributed by atoms with Crippen LogP contribution >= 0.6 is 0 Å². The summed E-state index contributed by atoms with van der Waals surface area (Å²) in [5.74, 6) is 0.428. The van der Waals surface area contributed by atoms with E-state index in [9.17, 15) is 9.59 Å². The third-order valence-corrected chi connectivity index (χ3v) is 6.64. The number of ether oxygens (including phenoxy) is 2. The Morgan fingerprint density at radius 1 is 1.05 bits per heavy atom. The van der Waals surface area contributed by atoms with E-state index in [1.807, 2.05) is 12.2 Å². The van der Waals surface area contributed by atoms with E-state index in [0.29, 0.717) is 36.8 Å². The number of allylic oxidation sites excluding steroid dienone is 4. The molecular formula is C30H36N6O4. The first-order valence-electron chi connectivity index (χ1n) is 13.5. The lowest BCUT2D eigenvalue weighted by atomic mass is 10.0. The number of para-hydroxylation sites is 2. The quantitative estimate of drug-likeness (QED) is 0.350. The summed E-state index contributed by atoms with van der Waals surface area (Å²) < 4.78 is 11.4. The Hall–Kier alpha value is -4.57. The molecule has 1 aromatic heterocycles. The second kappa shape index (κ2) is 14.0. The summed E-state index contributed by atoms with van der Waals surface area (Å²) in [6, 6.07) is 10.1. The van der Waals surface area contributed by atoms with Gasteiger partial charge in [-0.1, -0.05) is 50.3 Å². The number of benzene rings is 1. The topological polar surface area (TPSA) is 122 Å². The first-order chi connectivity index (χ1) is 19.5. The van der Waals surface area contributed by atoms with Crippen LogP contribution in [0.5, 0.6) is 0 Å². The number of nitrogens with zero attached hydrogens (tertiary/aromatic N) is 3. The summed E-state index contributed by atoms with van der Waals surface area (Å²) >= 11 is 0. The van der Waals surface area contributed by atoms with Gasteiger partial charge in [-0.25, -0.2) is 4.79 Å². The van der Waals surface area contributed by atoms with Gasteiger partial charge in [0.15, 0.2) is 12.0 Å². The molecule has 2 aliphatic rings. The van der Waals surface area contributed by atoms with Gasteiger partial charge in [0.2, 0.25) is 5.88 Å². The van der Waals surface area contributed by atoms with Gasteiger partial charge in [0.25, 0.3) is 5.91 Å². The molecule has 1 aliphatic heterocycles. The number of carbonyl (C=O) groups excluding carboxylic acids is 2. The molecule has 0 saturated heterocycles. The molecule has 0 spiro atoms. The standard InChI is InChI=1S/C30H36N6O4/c1-3-35(4-2)16-17-36(30(38)34-28-21-39-20-27(40-28)23-10-6-5-7-11-23)19-22-14-15-26(32-18-22)29(37)33-25-13-9-8-12-24(25)31/h5-6,8-10,12-15,18,20-21H,3-4,7,11,16-17,19,31H2,1-2H3,(H,33,37)(H,34,38). The van der Waals surface area contributed by atoms with Crippen molar-refractivity contribution in [2.45, 2.75) is 33.2 Å². The lowest BCUT2D eigenvalue weighted by molar-refractivity contribution is 0.102. The van der Waals surface area contributed by atoms with Gasteiger partial charge in [-0.15, -0.1) is 0 Å². The number of anilines is 2. The average molecular weight is 545 g/mol. The predicted molar refractivity (Wildman–Crippen MR) is 155 cm³/mol. The SMILES string of the molecule is CCN(CC)CCN(Cc1ccc(C(=O)Nc2ccccc2N)nc1)C(=O)NC1=COC=C(C2=CC=CCC2)O1. The number of urea groups is 1. The first-order valence-corrected chi connectivity index (χ1v) is 13.5. The summed E-state index contributed by atoms with van der Waals surface area (Å²) in [6.45, 7) is 7.41. The van der Waals surface area contributed by atoms with Crippen LogP contribution < -0.4 is 16.4 Å². The Bertz CT molecular complexity index is 1310. The van der Waals surface area contributed by atoms with Crippen LogP contribution in [0.2, 0.25) is 0 Å². The molecule has 0 radical (unpaired) electrons. The lowest BCUT2D eigenvalue weighted by Crippen LogP contribution is -2.43. The van der Waals surface area contributed by atoms with Crippen molar-refractivity contribution in [3.63, 3.8) is 0 Å². The molecule has 2 heterocycles. The molecule has 0 unspecified atom stereocenters. The molecule has 4 N–H and O–H groups in total. The molecule has 40 heavy (non-hydrogen) atoms. The van der Waals surface area contributed by atoms with Crippen LogP contribution in [-0.2, 0) is 16.0 Å². The van der Waals surface area contributed by atoms with Crippen LogP contribution in [0.1, 0.15) is 42.7 Å². The maximum Gasteiger partial charge on any atom is 0.324 e. The minimum atomic E-state index is -0.366. The highest BCUT2D eigenvalue weighted by atomic mass is 16.6. The van der Waals surface area contributed by atoms with Crippen LogP contribution in [0.4, 0.5) is 16.2 Å². The monoisotopic (exact) mass is 544 g/mol. The Labute approximate surface area is 234 Å². The number of hydrogen-bond acceptors (Lipinski definition) is 7. The van der Waals surface area contributed by atoms with Gasteiger partial charge < -0.3 is 30.3 Å². The van der Waals surface area contributed by atoms with Gasteiger partial charge >= 0.3 is 6.03 Å². The molecule has 1 aromatic carbocycles. The van der Waals surface area contributed by atoms with Gasteiger partial charge in [0.1, 0.15) is 12.0 Å². The molecule has 0 bridgehead atoms. The highest BCUT2D eigenvalue weighted by Crippen LogP contribution is 2.25. The van der Waals surface area contributed by atoms with Gasteiger partial charge in [-0.2, -0.15) is 0 Å². The lowest BCUT2D eigenvalue weighted by Gasteiger charge is -2.28. The van der Waals surface area contributed by atoms with Gasteiger partial charge in [-0.3, -0.25) is 15.1 Å². The number of amides is 3. The average Bonchev–Trinajstić information content (AvgIpc) is 2.99. The molecule has 0 fully saturated rings. The van der Waals surface area contributed by atoms with E-state index in [0.717, 1.165) is 37.1 Å². The minimum absolute atomic E-state index is 0.219. The summed E-state index contributed by atoms with van der Waals surface area (Å²) in [7, 11) is 0. The fourth-order valence-corrected chi connectivity index (χ4v) is 4.24. The van der Waals surface area contributed by atoms with E-state index in [1.165, 1.54) is 12.5 Å². The predicted octanol–water partition coefficient (Wildman–Crippen LogP) is 4.73. The van der Waals surface area contributed by atoms with Crippen LogP contribution in [-0.4, -0.2) is 52.9 Å². The van der Waals surface area contributed by atoms with Gasteiger partial charge in [0.05, 0.1) is 11.4 Å². The highest BCUT2D eigenvalue weighted by molar-refractivity contribution is 6.04. The second-order valence-corrected chi connectivity index (χ2v) is 9.33. The molecule has 1 aliphatic carbocycles. The number of nitrogens with one attached hydrogen (secondary N) is 2. The van der Waals surface area contributed by atoms with Crippen molar-refractivity contribution >= 4 is 23.3 Å². The number of carbonyl (C=O) groups is 2. The molecule has 0 atom stereocenters. The summed E-state index contributed by atoms with van der Waals surface area (Å²) in [5, 5.41) is 5.60. The van der Waals surface area contributed by atoms with Crippen LogP contribution in [0.15, 0.2) is 90.6 Å². The first kappa shape index (κ1) is 28.4. The van der Waals surface area contributed by atoms with Gasteiger partial charge in [-0.05, 0) is 55.3 Å². The maximum absolute atomic E-state index is 13.4. The zero-order chi connectivity index (χ0) is 28.3. The van der Waals surface area contributed by atoms with Crippen LogP contribution in [0, 0.1) is 0 Å². The number of pyridine rings is 1. The van der Waals surface area contributed by atoms with Crippen molar-refractivity contribution in [3.05, 3.63) is 102 Å². The Morgan fingerprint density at radius 3 is 2.58 bits per heavy atom. The fraction of sp³-hybridized carbons (Fsp3) is 0.300. The smallest absolute Gasteiger partial charge is 0.324 e. The molecule has 0 saturated carbocycles. The van der Waals surface area contributed by atoms with E-state index in [-0.39, 0.29) is 23.5 Å². The summed E-state index contributed by atoms with van der Waals surface area (Å²) in [5.41, 5.74) is 8.95. The molecule has 4 rings (SSSR count). The highest BCUT2D eigenvalue weighted by Gasteiger charge is 2.21. The molecule has 10 nitrogen and oxygen atoms in total. The van der Waals surface area contributed by atoms with E-state index in [2.05, 4.69) is 40.4 Å². The molecule has 2 aromatic rings. The molecular weight excluding hydrogens is 508 g/mol. The Balaban J connectivity index is 1.41. The van der Waals surface area contributed by atoms with Crippen molar-refractivity contribution in [1.82, 2.24) is 20.1 Å². The number of nitrogens with two attached hydrogens (primary N) is 1. The third-order valence-electron chi connectivity index (χ3n) is 6.64. The van der Waals surface area contributed by atoms with Crippen LogP contribution in [0.3, 0.4) is 0 Å². The van der Waals surface area contributed by atoms with Gasteiger partial charge in [0, 0.05) is 25.8 Å². The van der Waals surface area contributed by atoms with Crippen molar-refractivity contribution in [3.8, 4) is 0 Å². The zero-order valence-corrected chi connectivity index (χ0v) is 22.9. The Morgan fingerprint density at radius 2 is 1.88 bits per heavy atom. The normalized spacial score (nSPS) is 14.3. The number of likely N-dealkylation sites (N-methyl/N-ethyl adjacent to an activating group) is 1. The van der Waals surface area contributed by atoms with E-state index in [1.54, 1.807) is 47.5 Å². The third kappa shape index (κ3) is 7.73. The van der Waals surface area contributed by atoms with Crippen LogP contribution in [0.25, 0.3) is 0 Å².